The smallest absolute Gasteiger partial charge is 0.328 e. The predicted molar refractivity (Wildman–Crippen MR) is 76.8 cm³/mol. The topological polar surface area (TPSA) is 55.4 Å². The third kappa shape index (κ3) is 4.53. The van der Waals surface area contributed by atoms with Gasteiger partial charge in [0.1, 0.15) is 6.04 Å². The Kier molecular flexibility index (Phi) is 4.93. The lowest BCUT2D eigenvalue weighted by atomic mass is 10.1. The Balaban J connectivity index is 1.90. The second-order valence-corrected chi connectivity index (χ2v) is 5.01. The van der Waals surface area contributed by atoms with Gasteiger partial charge in [0.2, 0.25) is 5.91 Å². The molecule has 0 unspecified atom stereocenters. The quantitative estimate of drug-likeness (QED) is 0.638. The monoisotopic (exact) mass is 273 g/mol. The Labute approximate surface area is 118 Å². The molecule has 1 atom stereocenters. The average molecular weight is 273 g/mol. The van der Waals surface area contributed by atoms with Crippen molar-refractivity contribution in [1.29, 1.82) is 0 Å². The van der Waals surface area contributed by atoms with Gasteiger partial charge >= 0.3 is 5.97 Å². The fourth-order valence-corrected chi connectivity index (χ4v) is 2.00. The Morgan fingerprint density at radius 1 is 1.35 bits per heavy atom. The van der Waals surface area contributed by atoms with Gasteiger partial charge in [0.05, 0.1) is 7.11 Å². The third-order valence-electron chi connectivity index (χ3n) is 3.29. The molecular weight excluding hydrogens is 254 g/mol. The van der Waals surface area contributed by atoms with Crippen LogP contribution in [0.4, 0.5) is 0 Å². The highest BCUT2D eigenvalue weighted by Crippen LogP contribution is 2.33. The van der Waals surface area contributed by atoms with Crippen molar-refractivity contribution in [2.75, 3.05) is 7.11 Å². The molecule has 0 aromatic heterocycles. The van der Waals surface area contributed by atoms with Crippen molar-refractivity contribution < 1.29 is 14.3 Å². The van der Waals surface area contributed by atoms with Crippen molar-refractivity contribution in [3.05, 3.63) is 42.0 Å². The molecule has 0 aliphatic heterocycles. The lowest BCUT2D eigenvalue weighted by Gasteiger charge is -2.14. The summed E-state index contributed by atoms with van der Waals surface area (Å²) in [4.78, 5) is 23.5. The minimum atomic E-state index is -0.541. The van der Waals surface area contributed by atoms with Gasteiger partial charge in [-0.05, 0) is 24.0 Å². The highest BCUT2D eigenvalue weighted by molar-refractivity contribution is 5.94. The maximum Gasteiger partial charge on any atom is 0.328 e. The Morgan fingerprint density at radius 3 is 2.65 bits per heavy atom. The molecule has 20 heavy (non-hydrogen) atoms. The van der Waals surface area contributed by atoms with Crippen molar-refractivity contribution in [1.82, 2.24) is 5.32 Å². The fraction of sp³-hybridized carbons (Fsp3) is 0.375. The first-order valence-electron chi connectivity index (χ1n) is 6.80. The van der Waals surface area contributed by atoms with Crippen molar-refractivity contribution >= 4 is 18.0 Å². The van der Waals surface area contributed by atoms with Crippen molar-refractivity contribution in [3.8, 4) is 0 Å². The van der Waals surface area contributed by atoms with Crippen LogP contribution in [0, 0.1) is 5.92 Å². The molecule has 106 valence electrons. The zero-order valence-corrected chi connectivity index (χ0v) is 11.5. The van der Waals surface area contributed by atoms with E-state index in [0.717, 1.165) is 18.4 Å². The molecule has 1 amide bonds. The number of methoxy groups -OCH3 is 1. The van der Waals surface area contributed by atoms with Crippen molar-refractivity contribution in [3.63, 3.8) is 0 Å². The summed E-state index contributed by atoms with van der Waals surface area (Å²) in [6.45, 7) is 0. The maximum absolute atomic E-state index is 11.8. The number of benzene rings is 1. The summed E-state index contributed by atoms with van der Waals surface area (Å²) in [6.07, 6.45) is 6.09. The molecule has 1 N–H and O–H groups in total. The standard InChI is InChI=1S/C16H19NO3/c1-20-16(19)14(11-13-7-8-13)17-15(18)10-9-12-5-3-2-4-6-12/h2-6,9-10,13-14H,7-8,11H2,1H3,(H,17,18)/t14-/m0/s1. The molecule has 0 radical (unpaired) electrons. The molecular formula is C16H19NO3. The van der Waals surface area contributed by atoms with Gasteiger partial charge in [-0.3, -0.25) is 4.79 Å². The Bertz CT molecular complexity index is 492. The zero-order valence-electron chi connectivity index (χ0n) is 11.5. The zero-order chi connectivity index (χ0) is 14.4. The van der Waals surface area contributed by atoms with E-state index in [9.17, 15) is 9.59 Å². The first-order valence-corrected chi connectivity index (χ1v) is 6.80. The first kappa shape index (κ1) is 14.3. The summed E-state index contributed by atoms with van der Waals surface area (Å²) in [5.41, 5.74) is 0.944. The molecule has 1 aliphatic rings. The second kappa shape index (κ2) is 6.89. The van der Waals surface area contributed by atoms with E-state index in [1.807, 2.05) is 30.3 Å². The number of amides is 1. The van der Waals surface area contributed by atoms with E-state index in [1.54, 1.807) is 6.08 Å². The molecule has 1 saturated carbocycles. The summed E-state index contributed by atoms with van der Waals surface area (Å²) < 4.78 is 4.73. The number of rotatable bonds is 6. The second-order valence-electron chi connectivity index (χ2n) is 5.01. The number of carbonyl (C=O) groups excluding carboxylic acids is 2. The fourth-order valence-electron chi connectivity index (χ4n) is 2.00. The van der Waals surface area contributed by atoms with Crippen LogP contribution >= 0.6 is 0 Å². The lowest BCUT2D eigenvalue weighted by molar-refractivity contribution is -0.144. The van der Waals surface area contributed by atoms with E-state index in [0.29, 0.717) is 12.3 Å². The third-order valence-corrected chi connectivity index (χ3v) is 3.29. The Morgan fingerprint density at radius 2 is 2.05 bits per heavy atom. The SMILES string of the molecule is COC(=O)[C@H](CC1CC1)NC(=O)C=Cc1ccccc1. The Hall–Kier alpha value is -2.10. The van der Waals surface area contributed by atoms with E-state index >= 15 is 0 Å². The molecule has 1 fully saturated rings. The molecule has 0 spiro atoms. The minimum Gasteiger partial charge on any atom is -0.467 e. The van der Waals surface area contributed by atoms with Gasteiger partial charge in [-0.2, -0.15) is 0 Å². The number of esters is 1. The van der Waals surface area contributed by atoms with Crippen LogP contribution in [-0.2, 0) is 14.3 Å². The van der Waals surface area contributed by atoms with E-state index in [2.05, 4.69) is 5.32 Å². The van der Waals surface area contributed by atoms with Gasteiger partial charge < -0.3 is 10.1 Å². The van der Waals surface area contributed by atoms with Gasteiger partial charge in [0, 0.05) is 6.08 Å². The molecule has 1 aliphatic carbocycles. The number of hydrogen-bond donors (Lipinski definition) is 1. The molecule has 0 bridgehead atoms. The number of ether oxygens (including phenoxy) is 1. The molecule has 4 nitrogen and oxygen atoms in total. The van der Waals surface area contributed by atoms with Crippen LogP contribution < -0.4 is 5.32 Å². The number of nitrogens with one attached hydrogen (secondary N) is 1. The molecule has 0 heterocycles. The highest BCUT2D eigenvalue weighted by atomic mass is 16.5. The van der Waals surface area contributed by atoms with Crippen LogP contribution in [0.25, 0.3) is 6.08 Å². The van der Waals surface area contributed by atoms with E-state index in [1.165, 1.54) is 13.2 Å². The summed E-state index contributed by atoms with van der Waals surface area (Å²) in [5, 5.41) is 2.71. The van der Waals surface area contributed by atoms with E-state index in [-0.39, 0.29) is 11.9 Å². The van der Waals surface area contributed by atoms with E-state index in [4.69, 9.17) is 4.74 Å². The number of hydrogen-bond acceptors (Lipinski definition) is 3. The first-order chi connectivity index (χ1) is 9.69. The summed E-state index contributed by atoms with van der Waals surface area (Å²) in [7, 11) is 1.34. The van der Waals surface area contributed by atoms with Crippen LogP contribution in [0.1, 0.15) is 24.8 Å². The van der Waals surface area contributed by atoms with Crippen LogP contribution in [0.5, 0.6) is 0 Å². The van der Waals surface area contributed by atoms with Gasteiger partial charge in [0.15, 0.2) is 0 Å². The van der Waals surface area contributed by atoms with Gasteiger partial charge in [-0.25, -0.2) is 4.79 Å². The largest absolute Gasteiger partial charge is 0.467 e. The van der Waals surface area contributed by atoms with Crippen LogP contribution in [-0.4, -0.2) is 25.0 Å². The predicted octanol–water partition coefficient (Wildman–Crippen LogP) is 2.16. The van der Waals surface area contributed by atoms with Crippen LogP contribution in [0.3, 0.4) is 0 Å². The normalized spacial score (nSPS) is 15.8. The summed E-state index contributed by atoms with van der Waals surface area (Å²) in [6, 6.07) is 9.00. The highest BCUT2D eigenvalue weighted by Gasteiger charge is 2.30. The molecule has 0 saturated heterocycles. The van der Waals surface area contributed by atoms with Crippen molar-refractivity contribution in [2.24, 2.45) is 5.92 Å². The molecule has 4 heteroatoms. The van der Waals surface area contributed by atoms with Crippen LogP contribution in [0.2, 0.25) is 0 Å². The molecule has 2 rings (SSSR count). The minimum absolute atomic E-state index is 0.273. The number of carbonyl (C=O) groups is 2. The van der Waals surface area contributed by atoms with Gasteiger partial charge in [-0.1, -0.05) is 43.2 Å². The average Bonchev–Trinajstić information content (AvgIpc) is 3.28. The lowest BCUT2D eigenvalue weighted by Crippen LogP contribution is -2.41. The van der Waals surface area contributed by atoms with Gasteiger partial charge in [0.25, 0.3) is 0 Å². The van der Waals surface area contributed by atoms with Gasteiger partial charge in [-0.15, -0.1) is 0 Å². The maximum atomic E-state index is 11.8. The van der Waals surface area contributed by atoms with E-state index < -0.39 is 6.04 Å². The summed E-state index contributed by atoms with van der Waals surface area (Å²) in [5.74, 6) is -0.110. The summed E-state index contributed by atoms with van der Waals surface area (Å²) >= 11 is 0. The molecule has 1 aromatic rings. The molecule has 1 aromatic carbocycles. The van der Waals surface area contributed by atoms with Crippen LogP contribution in [0.15, 0.2) is 36.4 Å². The van der Waals surface area contributed by atoms with Crippen molar-refractivity contribution in [2.45, 2.75) is 25.3 Å².